The van der Waals surface area contributed by atoms with Crippen LogP contribution in [0.2, 0.25) is 0 Å². The fourth-order valence-electron chi connectivity index (χ4n) is 2.43. The van der Waals surface area contributed by atoms with Crippen LogP contribution >= 0.6 is 0 Å². The number of aryl methyl sites for hydroxylation is 1. The van der Waals surface area contributed by atoms with E-state index in [1.54, 1.807) is 0 Å². The van der Waals surface area contributed by atoms with Crippen LogP contribution in [0.15, 0.2) is 24.5 Å². The predicted octanol–water partition coefficient (Wildman–Crippen LogP) is 5.24. The lowest BCUT2D eigenvalue weighted by atomic mass is 10.1. The van der Waals surface area contributed by atoms with E-state index in [0.717, 1.165) is 0 Å². The Morgan fingerprint density at radius 3 is 1.89 bits per heavy atom. The molecule has 0 aliphatic heterocycles. The minimum absolute atomic E-state index is 0.637. The van der Waals surface area contributed by atoms with E-state index in [1.165, 1.54) is 63.5 Å². The highest BCUT2D eigenvalue weighted by atomic mass is 14.9. The predicted molar refractivity (Wildman–Crippen MR) is 83.3 cm³/mol. The number of nitrogens with zero attached hydrogens (tertiary/aromatic N) is 1. The van der Waals surface area contributed by atoms with Crippen molar-refractivity contribution in [3.05, 3.63) is 30.1 Å². The number of aromatic nitrogens is 1. The Morgan fingerprint density at radius 1 is 0.842 bits per heavy atom. The van der Waals surface area contributed by atoms with Gasteiger partial charge in [0.15, 0.2) is 12.4 Å². The summed E-state index contributed by atoms with van der Waals surface area (Å²) in [6.07, 6.45) is 15.6. The summed E-state index contributed by atoms with van der Waals surface area (Å²) < 4.78 is 2.32. The zero-order valence-corrected chi connectivity index (χ0v) is 13.2. The van der Waals surface area contributed by atoms with Gasteiger partial charge in [0.1, 0.15) is 6.54 Å². The maximum absolute atomic E-state index is 2.32. The summed E-state index contributed by atoms with van der Waals surface area (Å²) in [5.41, 5.74) is 1.44. The van der Waals surface area contributed by atoms with E-state index in [4.69, 9.17) is 0 Å². The second-order valence-corrected chi connectivity index (χ2v) is 6.00. The molecule has 0 bridgehead atoms. The van der Waals surface area contributed by atoms with Crippen molar-refractivity contribution in [2.24, 2.45) is 0 Å². The molecule has 0 atom stereocenters. The molecular formula is C18H32N+. The van der Waals surface area contributed by atoms with Gasteiger partial charge < -0.3 is 0 Å². The summed E-state index contributed by atoms with van der Waals surface area (Å²) in [4.78, 5) is 0. The quantitative estimate of drug-likeness (QED) is 0.401. The van der Waals surface area contributed by atoms with Gasteiger partial charge in [-0.25, -0.2) is 4.57 Å². The highest BCUT2D eigenvalue weighted by Gasteiger charge is 2.03. The first-order valence-corrected chi connectivity index (χ1v) is 8.23. The topological polar surface area (TPSA) is 3.88 Å². The minimum Gasteiger partial charge on any atom is -0.205 e. The smallest absolute Gasteiger partial charge is 0.169 e. The monoisotopic (exact) mass is 262 g/mol. The van der Waals surface area contributed by atoms with E-state index in [0.29, 0.717) is 5.92 Å². The number of hydrogen-bond donors (Lipinski definition) is 0. The van der Waals surface area contributed by atoms with E-state index in [-0.39, 0.29) is 0 Å². The van der Waals surface area contributed by atoms with Gasteiger partial charge in [0, 0.05) is 18.6 Å². The highest BCUT2D eigenvalue weighted by Crippen LogP contribution is 2.11. The summed E-state index contributed by atoms with van der Waals surface area (Å²) in [5.74, 6) is 0.637. The molecule has 0 aliphatic carbocycles. The lowest BCUT2D eigenvalue weighted by Crippen LogP contribution is -2.32. The Morgan fingerprint density at radius 2 is 1.37 bits per heavy atom. The fourth-order valence-corrected chi connectivity index (χ4v) is 2.43. The van der Waals surface area contributed by atoms with E-state index in [9.17, 15) is 0 Å². The van der Waals surface area contributed by atoms with Crippen molar-refractivity contribution in [3.63, 3.8) is 0 Å². The van der Waals surface area contributed by atoms with Gasteiger partial charge in [0.2, 0.25) is 0 Å². The molecular weight excluding hydrogens is 230 g/mol. The van der Waals surface area contributed by atoms with Crippen LogP contribution in [0.5, 0.6) is 0 Å². The summed E-state index contributed by atoms with van der Waals surface area (Å²) >= 11 is 0. The van der Waals surface area contributed by atoms with Crippen LogP contribution < -0.4 is 4.57 Å². The zero-order chi connectivity index (χ0) is 13.9. The molecule has 0 spiro atoms. The molecule has 0 fully saturated rings. The molecule has 108 valence electrons. The van der Waals surface area contributed by atoms with Crippen LogP contribution in [-0.4, -0.2) is 0 Å². The average Bonchev–Trinajstić information content (AvgIpc) is 2.42. The largest absolute Gasteiger partial charge is 0.205 e. The summed E-state index contributed by atoms with van der Waals surface area (Å²) in [6, 6.07) is 4.52. The van der Waals surface area contributed by atoms with Crippen molar-refractivity contribution in [2.75, 3.05) is 0 Å². The first-order valence-electron chi connectivity index (χ1n) is 8.23. The van der Waals surface area contributed by atoms with Crippen LogP contribution in [-0.2, 0) is 6.54 Å². The van der Waals surface area contributed by atoms with Crippen molar-refractivity contribution in [1.29, 1.82) is 0 Å². The number of rotatable bonds is 10. The van der Waals surface area contributed by atoms with E-state index in [2.05, 4.69) is 49.9 Å². The molecule has 1 heteroatoms. The number of pyridine rings is 1. The van der Waals surface area contributed by atoms with Gasteiger partial charge in [-0.3, -0.25) is 0 Å². The second-order valence-electron chi connectivity index (χ2n) is 6.00. The summed E-state index contributed by atoms with van der Waals surface area (Å²) in [6.45, 7) is 7.95. The highest BCUT2D eigenvalue weighted by molar-refractivity contribution is 5.11. The molecule has 0 amide bonds. The molecule has 0 unspecified atom stereocenters. The average molecular weight is 262 g/mol. The molecule has 0 aliphatic rings. The third kappa shape index (κ3) is 7.34. The van der Waals surface area contributed by atoms with Crippen molar-refractivity contribution < 1.29 is 4.57 Å². The van der Waals surface area contributed by atoms with Crippen molar-refractivity contribution in [3.8, 4) is 0 Å². The number of hydrogen-bond acceptors (Lipinski definition) is 0. The molecule has 1 nitrogen and oxygen atoms in total. The Bertz CT molecular complexity index is 313. The first-order chi connectivity index (χ1) is 9.24. The fraction of sp³-hybridized carbons (Fsp3) is 0.722. The first kappa shape index (κ1) is 16.2. The van der Waals surface area contributed by atoms with E-state index < -0.39 is 0 Å². The van der Waals surface area contributed by atoms with E-state index >= 15 is 0 Å². The van der Waals surface area contributed by atoms with Crippen LogP contribution in [0, 0.1) is 0 Å². The maximum atomic E-state index is 2.32. The maximum Gasteiger partial charge on any atom is 0.169 e. The second kappa shape index (κ2) is 10.00. The normalized spacial score (nSPS) is 11.2. The van der Waals surface area contributed by atoms with Crippen LogP contribution in [0.4, 0.5) is 0 Å². The van der Waals surface area contributed by atoms with Gasteiger partial charge in [-0.1, -0.05) is 59.3 Å². The Kier molecular flexibility index (Phi) is 8.53. The molecule has 1 rings (SSSR count). The molecule has 1 aromatic rings. The molecule has 1 heterocycles. The van der Waals surface area contributed by atoms with Crippen LogP contribution in [0.1, 0.15) is 83.6 Å². The zero-order valence-electron chi connectivity index (χ0n) is 13.2. The molecule has 19 heavy (non-hydrogen) atoms. The lowest BCUT2D eigenvalue weighted by Gasteiger charge is -2.03. The van der Waals surface area contributed by atoms with Crippen LogP contribution in [0.3, 0.4) is 0 Å². The van der Waals surface area contributed by atoms with Gasteiger partial charge >= 0.3 is 0 Å². The molecule has 1 aromatic heterocycles. The van der Waals surface area contributed by atoms with Gasteiger partial charge in [-0.05, 0) is 17.9 Å². The molecule has 0 radical (unpaired) electrons. The van der Waals surface area contributed by atoms with Crippen molar-refractivity contribution in [2.45, 2.75) is 84.6 Å². The van der Waals surface area contributed by atoms with E-state index in [1.807, 2.05) is 0 Å². The third-order valence-electron chi connectivity index (χ3n) is 3.85. The summed E-state index contributed by atoms with van der Waals surface area (Å²) in [7, 11) is 0. The van der Waals surface area contributed by atoms with Gasteiger partial charge in [0.25, 0.3) is 0 Å². The van der Waals surface area contributed by atoms with Gasteiger partial charge in [0.05, 0.1) is 0 Å². The number of unbranched alkanes of at least 4 members (excludes halogenated alkanes) is 7. The van der Waals surface area contributed by atoms with Crippen molar-refractivity contribution >= 4 is 0 Å². The third-order valence-corrected chi connectivity index (χ3v) is 3.85. The molecule has 0 N–H and O–H groups in total. The molecule has 0 saturated heterocycles. The standard InChI is InChI=1S/C18H32N/c1-4-5-6-7-8-9-10-11-14-19-15-12-18(13-16-19)17(2)3/h12-13,15-17H,4-11,14H2,1-3H3/q+1. The van der Waals surface area contributed by atoms with Gasteiger partial charge in [-0.2, -0.15) is 0 Å². The van der Waals surface area contributed by atoms with Crippen molar-refractivity contribution in [1.82, 2.24) is 0 Å². The summed E-state index contributed by atoms with van der Waals surface area (Å²) in [5, 5.41) is 0. The Balaban J connectivity index is 2.06. The Hall–Kier alpha value is -0.850. The lowest BCUT2D eigenvalue weighted by molar-refractivity contribution is -0.697. The molecule has 0 saturated carbocycles. The Labute approximate surface area is 120 Å². The van der Waals surface area contributed by atoms with Crippen LogP contribution in [0.25, 0.3) is 0 Å². The minimum atomic E-state index is 0.637. The molecule has 0 aromatic carbocycles. The SMILES string of the molecule is CCCCCCCCCC[n+]1ccc(C(C)C)cc1. The van der Waals surface area contributed by atoms with Gasteiger partial charge in [-0.15, -0.1) is 0 Å².